The van der Waals surface area contributed by atoms with E-state index < -0.39 is 22.2 Å². The number of alkyl halides is 1. The van der Waals surface area contributed by atoms with Gasteiger partial charge in [0.25, 0.3) is 10.0 Å². The Kier molecular flexibility index (Phi) is 3.55. The molecule has 1 amide bonds. The van der Waals surface area contributed by atoms with Crippen molar-refractivity contribution in [2.45, 2.75) is 29.3 Å². The zero-order valence-electron chi connectivity index (χ0n) is 10.7. The van der Waals surface area contributed by atoms with Gasteiger partial charge in [0, 0.05) is 6.54 Å². The summed E-state index contributed by atoms with van der Waals surface area (Å²) >= 11 is 1.14. The van der Waals surface area contributed by atoms with Crippen LogP contribution >= 0.6 is 11.3 Å². The van der Waals surface area contributed by atoms with Crippen LogP contribution in [0.25, 0.3) is 0 Å². The van der Waals surface area contributed by atoms with E-state index in [1.54, 1.807) is 17.5 Å². The van der Waals surface area contributed by atoms with Gasteiger partial charge in [-0.2, -0.15) is 4.31 Å². The van der Waals surface area contributed by atoms with Crippen LogP contribution in [0.1, 0.15) is 12.8 Å². The van der Waals surface area contributed by atoms with Gasteiger partial charge in [0.05, 0.1) is 13.1 Å². The molecule has 2 saturated heterocycles. The first-order valence-electron chi connectivity index (χ1n) is 6.48. The van der Waals surface area contributed by atoms with Gasteiger partial charge in [-0.25, -0.2) is 12.8 Å². The molecule has 1 unspecified atom stereocenters. The second kappa shape index (κ2) is 5.09. The fraction of sp³-hybridized carbons (Fsp3) is 0.583. The molecule has 0 N–H and O–H groups in total. The minimum Gasteiger partial charge on any atom is -0.335 e. The molecule has 2 fully saturated rings. The summed E-state index contributed by atoms with van der Waals surface area (Å²) < 4.78 is 39.4. The van der Waals surface area contributed by atoms with E-state index in [0.717, 1.165) is 11.3 Å². The van der Waals surface area contributed by atoms with Crippen LogP contribution in [-0.4, -0.2) is 55.4 Å². The van der Waals surface area contributed by atoms with Crippen LogP contribution in [0.3, 0.4) is 0 Å². The summed E-state index contributed by atoms with van der Waals surface area (Å²) in [6.07, 6.45) is 0.202. The third-order valence-corrected chi connectivity index (χ3v) is 6.98. The molecule has 0 saturated carbocycles. The molecule has 20 heavy (non-hydrogen) atoms. The van der Waals surface area contributed by atoms with Crippen molar-refractivity contribution in [2.75, 3.05) is 19.6 Å². The largest absolute Gasteiger partial charge is 0.335 e. The van der Waals surface area contributed by atoms with Crippen LogP contribution in [-0.2, 0) is 14.8 Å². The lowest BCUT2D eigenvalue weighted by Crippen LogP contribution is -2.57. The zero-order valence-corrected chi connectivity index (χ0v) is 12.4. The number of carbonyl (C=O) groups excluding carboxylic acids is 1. The summed E-state index contributed by atoms with van der Waals surface area (Å²) in [5.41, 5.74) is 0. The van der Waals surface area contributed by atoms with E-state index >= 15 is 0 Å². The van der Waals surface area contributed by atoms with Crippen molar-refractivity contribution in [3.8, 4) is 0 Å². The van der Waals surface area contributed by atoms with Gasteiger partial charge in [-0.05, 0) is 24.3 Å². The Hall–Kier alpha value is -0.990. The molecule has 0 aliphatic carbocycles. The molecule has 1 atom stereocenters. The van der Waals surface area contributed by atoms with Crippen LogP contribution in [0.2, 0.25) is 0 Å². The second-order valence-electron chi connectivity index (χ2n) is 5.05. The lowest BCUT2D eigenvalue weighted by Gasteiger charge is -2.37. The van der Waals surface area contributed by atoms with Crippen molar-refractivity contribution in [3.63, 3.8) is 0 Å². The molecule has 0 bridgehead atoms. The summed E-state index contributed by atoms with van der Waals surface area (Å²) in [6.45, 7) is 0.522. The van der Waals surface area contributed by atoms with E-state index in [-0.39, 0.29) is 23.2 Å². The molecule has 8 heteroatoms. The Morgan fingerprint density at radius 1 is 1.40 bits per heavy atom. The lowest BCUT2D eigenvalue weighted by molar-refractivity contribution is -0.141. The number of amides is 1. The number of nitrogens with zero attached hydrogens (tertiary/aromatic N) is 2. The van der Waals surface area contributed by atoms with Crippen LogP contribution in [0.4, 0.5) is 4.39 Å². The highest BCUT2D eigenvalue weighted by atomic mass is 32.2. The predicted molar refractivity (Wildman–Crippen MR) is 72.7 cm³/mol. The van der Waals surface area contributed by atoms with Crippen molar-refractivity contribution in [1.29, 1.82) is 0 Å². The molecule has 0 aromatic carbocycles. The molecular formula is C12H15FN2O3S2. The van der Waals surface area contributed by atoms with Gasteiger partial charge in [0.15, 0.2) is 0 Å². The maximum absolute atomic E-state index is 12.8. The minimum absolute atomic E-state index is 0.0855. The van der Waals surface area contributed by atoms with Crippen LogP contribution in [0, 0.1) is 0 Å². The molecule has 5 nitrogen and oxygen atoms in total. The first-order chi connectivity index (χ1) is 9.50. The van der Waals surface area contributed by atoms with Crippen molar-refractivity contribution >= 4 is 27.3 Å². The average Bonchev–Trinajstić information content (AvgIpc) is 3.04. The molecule has 0 spiro atoms. The third kappa shape index (κ3) is 2.25. The molecule has 2 aliphatic heterocycles. The topological polar surface area (TPSA) is 57.7 Å². The van der Waals surface area contributed by atoms with E-state index in [4.69, 9.17) is 0 Å². The highest BCUT2D eigenvalue weighted by molar-refractivity contribution is 7.91. The highest BCUT2D eigenvalue weighted by Crippen LogP contribution is 2.30. The first-order valence-corrected chi connectivity index (χ1v) is 8.80. The first kappa shape index (κ1) is 14.0. The van der Waals surface area contributed by atoms with Crippen LogP contribution in [0.15, 0.2) is 21.7 Å². The zero-order chi connectivity index (χ0) is 14.3. The number of hydrogen-bond donors (Lipinski definition) is 0. The van der Waals surface area contributed by atoms with Crippen LogP contribution < -0.4 is 0 Å². The lowest BCUT2D eigenvalue weighted by atomic mass is 10.1. The third-order valence-electron chi connectivity index (χ3n) is 3.70. The number of thiophene rings is 1. The Morgan fingerprint density at radius 3 is 2.75 bits per heavy atom. The Bertz CT molecular complexity index is 596. The molecule has 1 aromatic heterocycles. The van der Waals surface area contributed by atoms with Gasteiger partial charge in [-0.3, -0.25) is 4.79 Å². The number of hydrogen-bond acceptors (Lipinski definition) is 4. The van der Waals surface area contributed by atoms with Gasteiger partial charge >= 0.3 is 0 Å². The molecular weight excluding hydrogens is 303 g/mol. The van der Waals surface area contributed by atoms with E-state index in [9.17, 15) is 17.6 Å². The number of rotatable bonds is 3. The van der Waals surface area contributed by atoms with E-state index in [2.05, 4.69) is 0 Å². The van der Waals surface area contributed by atoms with Crippen molar-refractivity contribution < 1.29 is 17.6 Å². The fourth-order valence-electron chi connectivity index (χ4n) is 2.62. The highest BCUT2D eigenvalue weighted by Gasteiger charge is 2.44. The van der Waals surface area contributed by atoms with Crippen molar-refractivity contribution in [1.82, 2.24) is 9.21 Å². The van der Waals surface area contributed by atoms with Gasteiger partial charge in [0.1, 0.15) is 16.4 Å². The second-order valence-corrected chi connectivity index (χ2v) is 8.11. The molecule has 2 aliphatic rings. The van der Waals surface area contributed by atoms with Gasteiger partial charge in [-0.15, -0.1) is 11.3 Å². The molecule has 1 aromatic rings. The minimum atomic E-state index is -3.61. The van der Waals surface area contributed by atoms with Gasteiger partial charge < -0.3 is 4.90 Å². The maximum Gasteiger partial charge on any atom is 0.253 e. The Labute approximate surface area is 121 Å². The summed E-state index contributed by atoms with van der Waals surface area (Å²) in [5, 5.41) is 1.70. The summed E-state index contributed by atoms with van der Waals surface area (Å²) in [6, 6.07) is 2.55. The van der Waals surface area contributed by atoms with Crippen LogP contribution in [0.5, 0.6) is 0 Å². The van der Waals surface area contributed by atoms with Crippen molar-refractivity contribution in [3.05, 3.63) is 17.5 Å². The van der Waals surface area contributed by atoms with Crippen molar-refractivity contribution in [2.24, 2.45) is 0 Å². The molecule has 0 radical (unpaired) electrons. The average molecular weight is 318 g/mol. The summed E-state index contributed by atoms with van der Waals surface area (Å²) in [5.74, 6) is -0.267. The monoisotopic (exact) mass is 318 g/mol. The quantitative estimate of drug-likeness (QED) is 0.838. The van der Waals surface area contributed by atoms with E-state index in [1.807, 2.05) is 0 Å². The predicted octanol–water partition coefficient (Wildman–Crippen LogP) is 1.08. The fourth-order valence-corrected chi connectivity index (χ4v) is 5.39. The van der Waals surface area contributed by atoms with Gasteiger partial charge in [-0.1, -0.05) is 6.07 Å². The van der Waals surface area contributed by atoms with Gasteiger partial charge in [0.2, 0.25) is 5.91 Å². The number of carbonyl (C=O) groups is 1. The number of sulfonamides is 1. The number of halogens is 1. The molecule has 3 heterocycles. The van der Waals surface area contributed by atoms with E-state index in [0.29, 0.717) is 19.4 Å². The summed E-state index contributed by atoms with van der Waals surface area (Å²) in [7, 11) is -3.61. The smallest absolute Gasteiger partial charge is 0.253 e. The normalized spacial score (nSPS) is 24.9. The molecule has 110 valence electrons. The SMILES string of the molecule is O=C(C1CCCN1S(=O)(=O)c1cccs1)N1CC(F)C1. The maximum atomic E-state index is 12.8. The molecule has 3 rings (SSSR count). The number of likely N-dealkylation sites (tertiary alicyclic amines) is 1. The Morgan fingerprint density at radius 2 is 2.15 bits per heavy atom. The standard InChI is InChI=1S/C12H15FN2O3S2/c13-9-7-14(8-9)12(16)10-3-1-5-15(10)20(17,18)11-4-2-6-19-11/h2,4,6,9-10H,1,3,5,7-8H2. The van der Waals surface area contributed by atoms with E-state index in [1.165, 1.54) is 9.21 Å². The summed E-state index contributed by atoms with van der Waals surface area (Å²) in [4.78, 5) is 13.7. The Balaban J connectivity index is 1.81.